The fourth-order valence-corrected chi connectivity index (χ4v) is 11.2. The molecular formula is C22H28Br2S2Si2. The minimum absolute atomic E-state index is 1.26. The summed E-state index contributed by atoms with van der Waals surface area (Å²) in [4.78, 5) is 0. The van der Waals surface area contributed by atoms with E-state index in [2.05, 4.69) is 109 Å². The van der Waals surface area contributed by atoms with Crippen LogP contribution < -0.4 is 9.00 Å². The smallest absolute Gasteiger partial charge is 0.0904 e. The molecule has 3 rings (SSSR count). The van der Waals surface area contributed by atoms with E-state index in [9.17, 15) is 0 Å². The largest absolute Gasteiger partial charge is 0.137 e. The SMILES string of the molecule is Cc1cc(-c2cc([Si](C)(C)C)sc2Br)c(-c2cc([Si](C)(C)C)sc2Br)cc1C. The van der Waals surface area contributed by atoms with Crippen LogP contribution in [-0.4, -0.2) is 16.1 Å². The van der Waals surface area contributed by atoms with Crippen molar-refractivity contribution in [3.05, 3.63) is 43.0 Å². The topological polar surface area (TPSA) is 0 Å². The van der Waals surface area contributed by atoms with Crippen molar-refractivity contribution in [2.24, 2.45) is 0 Å². The molecule has 0 aliphatic rings. The highest BCUT2D eigenvalue weighted by Crippen LogP contribution is 2.43. The van der Waals surface area contributed by atoms with E-state index in [4.69, 9.17) is 0 Å². The quantitative estimate of drug-likeness (QED) is 0.276. The normalized spacial score (nSPS) is 12.6. The molecule has 0 amide bonds. The molecule has 0 atom stereocenters. The Kier molecular flexibility index (Phi) is 6.43. The van der Waals surface area contributed by atoms with E-state index < -0.39 is 16.1 Å². The summed E-state index contributed by atoms with van der Waals surface area (Å²) < 4.78 is 5.61. The van der Waals surface area contributed by atoms with Crippen LogP contribution in [0.3, 0.4) is 0 Å². The van der Waals surface area contributed by atoms with E-state index >= 15 is 0 Å². The number of benzene rings is 1. The number of hydrogen-bond donors (Lipinski definition) is 0. The van der Waals surface area contributed by atoms with Gasteiger partial charge in [-0.05, 0) is 89.1 Å². The molecule has 0 N–H and O–H groups in total. The molecule has 0 saturated carbocycles. The lowest BCUT2D eigenvalue weighted by Gasteiger charge is -2.14. The molecule has 0 nitrogen and oxygen atoms in total. The molecule has 0 saturated heterocycles. The summed E-state index contributed by atoms with van der Waals surface area (Å²) in [5.41, 5.74) is 8.07. The average Bonchev–Trinajstić information content (AvgIpc) is 3.12. The van der Waals surface area contributed by atoms with Crippen LogP contribution in [0.25, 0.3) is 22.3 Å². The summed E-state index contributed by atoms with van der Waals surface area (Å²) in [6.07, 6.45) is 0. The molecule has 6 heteroatoms. The Morgan fingerprint density at radius 3 is 1.14 bits per heavy atom. The summed E-state index contributed by atoms with van der Waals surface area (Å²) in [6, 6.07) is 9.64. The number of hydrogen-bond acceptors (Lipinski definition) is 2. The van der Waals surface area contributed by atoms with Crippen LogP contribution in [0, 0.1) is 13.8 Å². The van der Waals surface area contributed by atoms with Gasteiger partial charge in [-0.25, -0.2) is 0 Å². The van der Waals surface area contributed by atoms with Gasteiger partial charge < -0.3 is 0 Å². The molecule has 0 spiro atoms. The highest BCUT2D eigenvalue weighted by molar-refractivity contribution is 9.11. The van der Waals surface area contributed by atoms with Gasteiger partial charge in [0.2, 0.25) is 0 Å². The van der Waals surface area contributed by atoms with Gasteiger partial charge in [0.05, 0.1) is 23.7 Å². The Labute approximate surface area is 196 Å². The molecule has 0 aliphatic heterocycles. The van der Waals surface area contributed by atoms with E-state index in [1.54, 1.807) is 9.00 Å². The van der Waals surface area contributed by atoms with Gasteiger partial charge in [0, 0.05) is 11.1 Å². The van der Waals surface area contributed by atoms with Crippen molar-refractivity contribution in [2.75, 3.05) is 0 Å². The Hall–Kier alpha value is 0.0138. The Bertz CT molecular complexity index is 951. The second-order valence-corrected chi connectivity index (χ2v) is 25.1. The zero-order valence-electron chi connectivity index (χ0n) is 17.9. The van der Waals surface area contributed by atoms with Gasteiger partial charge in [-0.3, -0.25) is 0 Å². The first-order valence-corrected chi connectivity index (χ1v) is 19.7. The number of thiophene rings is 2. The third-order valence-electron chi connectivity index (χ3n) is 5.07. The lowest BCUT2D eigenvalue weighted by molar-refractivity contribution is 1.34. The predicted octanol–water partition coefficient (Wildman–Crippen LogP) is 8.38. The molecule has 2 aromatic heterocycles. The minimum atomic E-state index is -1.34. The fourth-order valence-electron chi connectivity index (χ4n) is 3.11. The third kappa shape index (κ3) is 4.52. The summed E-state index contributed by atoms with van der Waals surface area (Å²) in [5.74, 6) is 0. The van der Waals surface area contributed by atoms with Crippen LogP contribution in [0.15, 0.2) is 31.8 Å². The van der Waals surface area contributed by atoms with Crippen LogP contribution in [0.4, 0.5) is 0 Å². The van der Waals surface area contributed by atoms with Crippen molar-refractivity contribution >= 4 is 79.7 Å². The van der Waals surface area contributed by atoms with Crippen molar-refractivity contribution in [1.29, 1.82) is 0 Å². The van der Waals surface area contributed by atoms with Crippen molar-refractivity contribution in [1.82, 2.24) is 0 Å². The molecule has 0 bridgehead atoms. The van der Waals surface area contributed by atoms with Gasteiger partial charge in [-0.1, -0.05) is 51.4 Å². The van der Waals surface area contributed by atoms with E-state index in [0.29, 0.717) is 0 Å². The van der Waals surface area contributed by atoms with Crippen molar-refractivity contribution in [2.45, 2.75) is 53.1 Å². The maximum Gasteiger partial charge on any atom is 0.0904 e. The maximum atomic E-state index is 3.89. The Morgan fingerprint density at radius 1 is 0.571 bits per heavy atom. The van der Waals surface area contributed by atoms with Crippen LogP contribution >= 0.6 is 54.5 Å². The van der Waals surface area contributed by atoms with E-state index in [-0.39, 0.29) is 0 Å². The molecule has 1 aromatic carbocycles. The highest BCUT2D eigenvalue weighted by atomic mass is 79.9. The zero-order chi connectivity index (χ0) is 21.0. The van der Waals surface area contributed by atoms with Gasteiger partial charge in [-0.2, -0.15) is 0 Å². The van der Waals surface area contributed by atoms with Crippen LogP contribution in [0.1, 0.15) is 11.1 Å². The molecule has 150 valence electrons. The average molecular weight is 573 g/mol. The van der Waals surface area contributed by atoms with Crippen molar-refractivity contribution in [3.63, 3.8) is 0 Å². The van der Waals surface area contributed by atoms with E-state index in [1.807, 2.05) is 22.7 Å². The van der Waals surface area contributed by atoms with Gasteiger partial charge in [0.15, 0.2) is 0 Å². The predicted molar refractivity (Wildman–Crippen MR) is 144 cm³/mol. The van der Waals surface area contributed by atoms with E-state index in [1.165, 1.54) is 41.0 Å². The third-order valence-corrected chi connectivity index (χ3v) is 15.9. The van der Waals surface area contributed by atoms with Crippen LogP contribution in [-0.2, 0) is 0 Å². The van der Waals surface area contributed by atoms with Crippen LogP contribution in [0.2, 0.25) is 39.3 Å². The minimum Gasteiger partial charge on any atom is -0.137 e. The molecular weight excluding hydrogens is 544 g/mol. The van der Waals surface area contributed by atoms with E-state index in [0.717, 1.165) is 0 Å². The van der Waals surface area contributed by atoms with Gasteiger partial charge in [-0.15, -0.1) is 22.7 Å². The molecule has 0 radical (unpaired) electrons. The fraction of sp³-hybridized carbons (Fsp3) is 0.364. The molecule has 3 aromatic rings. The van der Waals surface area contributed by atoms with Gasteiger partial charge in [0.25, 0.3) is 0 Å². The monoisotopic (exact) mass is 570 g/mol. The lowest BCUT2D eigenvalue weighted by atomic mass is 9.93. The number of halogens is 2. The van der Waals surface area contributed by atoms with Gasteiger partial charge in [0.1, 0.15) is 0 Å². The van der Waals surface area contributed by atoms with Gasteiger partial charge >= 0.3 is 0 Å². The standard InChI is InChI=1S/C22H28Br2S2Si2/c1-13-9-15(17-11-19(25-21(17)23)27(3,4)5)16(10-14(13)2)18-12-20(26-22(18)24)28(6,7)8/h9-12H,1-8H3. The highest BCUT2D eigenvalue weighted by Gasteiger charge is 2.25. The Balaban J connectivity index is 2.27. The first-order valence-electron chi connectivity index (χ1n) is 9.50. The number of aryl methyl sites for hydroxylation is 2. The van der Waals surface area contributed by atoms with Crippen LogP contribution in [0.5, 0.6) is 0 Å². The molecule has 28 heavy (non-hydrogen) atoms. The summed E-state index contributed by atoms with van der Waals surface area (Å²) in [7, 11) is -2.69. The second kappa shape index (κ2) is 7.93. The van der Waals surface area contributed by atoms with Crippen molar-refractivity contribution < 1.29 is 0 Å². The number of rotatable bonds is 4. The summed E-state index contributed by atoms with van der Waals surface area (Å²) in [6.45, 7) is 19.0. The second-order valence-electron chi connectivity index (χ2n) is 9.58. The Morgan fingerprint density at radius 2 is 0.893 bits per heavy atom. The summed E-state index contributed by atoms with van der Waals surface area (Å²) >= 11 is 11.6. The maximum absolute atomic E-state index is 3.89. The molecule has 0 fully saturated rings. The summed E-state index contributed by atoms with van der Waals surface area (Å²) in [5, 5.41) is 0. The first-order chi connectivity index (χ1) is 12.8. The lowest BCUT2D eigenvalue weighted by Crippen LogP contribution is -2.34. The first kappa shape index (κ1) is 22.7. The molecule has 0 aliphatic carbocycles. The molecule has 2 heterocycles. The zero-order valence-corrected chi connectivity index (χ0v) is 24.7. The molecule has 0 unspecified atom stereocenters. The van der Waals surface area contributed by atoms with Crippen molar-refractivity contribution in [3.8, 4) is 22.3 Å².